The largest absolute Gasteiger partial charge is 0.418 e. The Morgan fingerprint density at radius 1 is 1.23 bits per heavy atom. The van der Waals surface area contributed by atoms with Gasteiger partial charge in [-0.2, -0.15) is 18.3 Å². The summed E-state index contributed by atoms with van der Waals surface area (Å²) < 4.78 is 38.9. The SMILES string of the molecule is CN(/N=C/c1ccc(C(=O)NO)cc1)C(=O)c1ncccc1C(F)(F)F. The number of alkyl halides is 3. The van der Waals surface area contributed by atoms with Crippen LogP contribution in [-0.2, 0) is 6.18 Å². The molecule has 136 valence electrons. The van der Waals surface area contributed by atoms with Crippen LogP contribution in [0.2, 0.25) is 0 Å². The molecule has 10 heteroatoms. The Morgan fingerprint density at radius 3 is 2.46 bits per heavy atom. The summed E-state index contributed by atoms with van der Waals surface area (Å²) in [7, 11) is 1.20. The van der Waals surface area contributed by atoms with E-state index in [2.05, 4.69) is 10.1 Å². The van der Waals surface area contributed by atoms with Crippen LogP contribution in [0.3, 0.4) is 0 Å². The minimum absolute atomic E-state index is 0.192. The number of amides is 2. The minimum Gasteiger partial charge on any atom is -0.288 e. The molecule has 0 fully saturated rings. The first-order chi connectivity index (χ1) is 12.2. The summed E-state index contributed by atoms with van der Waals surface area (Å²) >= 11 is 0. The van der Waals surface area contributed by atoms with E-state index >= 15 is 0 Å². The molecule has 2 rings (SSSR count). The van der Waals surface area contributed by atoms with Gasteiger partial charge in [0.25, 0.3) is 11.8 Å². The van der Waals surface area contributed by atoms with Gasteiger partial charge in [0.05, 0.1) is 11.8 Å². The highest BCUT2D eigenvalue weighted by Gasteiger charge is 2.36. The van der Waals surface area contributed by atoms with Crippen LogP contribution in [0.25, 0.3) is 0 Å². The zero-order valence-corrected chi connectivity index (χ0v) is 13.4. The molecule has 2 N–H and O–H groups in total. The number of rotatable bonds is 4. The van der Waals surface area contributed by atoms with Crippen LogP contribution in [-0.4, -0.2) is 40.3 Å². The number of aromatic nitrogens is 1. The van der Waals surface area contributed by atoms with Gasteiger partial charge in [0.1, 0.15) is 5.69 Å². The Kier molecular flexibility index (Phi) is 5.68. The van der Waals surface area contributed by atoms with Gasteiger partial charge in [0.15, 0.2) is 0 Å². The van der Waals surface area contributed by atoms with E-state index in [0.717, 1.165) is 23.3 Å². The third-order valence-corrected chi connectivity index (χ3v) is 3.26. The Hall–Kier alpha value is -3.27. The maximum absolute atomic E-state index is 13.0. The van der Waals surface area contributed by atoms with Crippen LogP contribution in [0.15, 0.2) is 47.7 Å². The van der Waals surface area contributed by atoms with Crippen molar-refractivity contribution >= 4 is 18.0 Å². The quantitative estimate of drug-likeness (QED) is 0.493. The molecule has 0 spiro atoms. The molecular weight excluding hydrogens is 353 g/mol. The number of hydroxylamine groups is 1. The Morgan fingerprint density at radius 2 is 1.88 bits per heavy atom. The number of hydrogen-bond acceptors (Lipinski definition) is 5. The van der Waals surface area contributed by atoms with Crippen LogP contribution in [0.1, 0.15) is 32.0 Å². The molecule has 2 amide bonds. The topological polar surface area (TPSA) is 94.9 Å². The zero-order chi connectivity index (χ0) is 19.3. The molecule has 2 aromatic rings. The third kappa shape index (κ3) is 4.42. The van der Waals surface area contributed by atoms with E-state index in [9.17, 15) is 22.8 Å². The van der Waals surface area contributed by atoms with Crippen molar-refractivity contribution in [3.8, 4) is 0 Å². The highest BCUT2D eigenvalue weighted by Crippen LogP contribution is 2.31. The first-order valence-corrected chi connectivity index (χ1v) is 7.13. The molecule has 0 saturated heterocycles. The number of carbonyl (C=O) groups excluding carboxylic acids is 2. The number of carbonyl (C=O) groups is 2. The molecule has 1 aromatic carbocycles. The van der Waals surface area contributed by atoms with Gasteiger partial charge in [-0.05, 0) is 29.8 Å². The Labute approximate surface area is 145 Å². The summed E-state index contributed by atoms with van der Waals surface area (Å²) in [5.41, 5.74) is 0.250. The molecule has 0 bridgehead atoms. The molecule has 1 heterocycles. The highest BCUT2D eigenvalue weighted by atomic mass is 19.4. The van der Waals surface area contributed by atoms with Crippen molar-refractivity contribution in [2.75, 3.05) is 7.05 Å². The van der Waals surface area contributed by atoms with E-state index in [1.807, 2.05) is 0 Å². The van der Waals surface area contributed by atoms with E-state index in [-0.39, 0.29) is 5.56 Å². The van der Waals surface area contributed by atoms with E-state index in [0.29, 0.717) is 5.56 Å². The van der Waals surface area contributed by atoms with E-state index in [1.54, 1.807) is 0 Å². The average molecular weight is 366 g/mol. The molecule has 0 aliphatic carbocycles. The normalized spacial score (nSPS) is 11.4. The van der Waals surface area contributed by atoms with Crippen molar-refractivity contribution in [2.24, 2.45) is 5.10 Å². The average Bonchev–Trinajstić information content (AvgIpc) is 2.64. The Balaban J connectivity index is 2.17. The summed E-state index contributed by atoms with van der Waals surface area (Å²) in [5, 5.41) is 13.0. The molecular formula is C16H13F3N4O3. The van der Waals surface area contributed by atoms with Crippen molar-refractivity contribution in [2.45, 2.75) is 6.18 Å². The van der Waals surface area contributed by atoms with Crippen LogP contribution >= 0.6 is 0 Å². The van der Waals surface area contributed by atoms with Crippen LogP contribution in [0.5, 0.6) is 0 Å². The van der Waals surface area contributed by atoms with Crippen molar-refractivity contribution in [1.29, 1.82) is 0 Å². The summed E-state index contributed by atoms with van der Waals surface area (Å²) in [6, 6.07) is 7.61. The molecule has 0 radical (unpaired) electrons. The van der Waals surface area contributed by atoms with Gasteiger partial charge in [0.2, 0.25) is 0 Å². The van der Waals surface area contributed by atoms with Gasteiger partial charge in [-0.1, -0.05) is 12.1 Å². The molecule has 26 heavy (non-hydrogen) atoms. The maximum Gasteiger partial charge on any atom is 0.418 e. The number of nitrogens with one attached hydrogen (secondary N) is 1. The lowest BCUT2D eigenvalue weighted by Crippen LogP contribution is -2.26. The first kappa shape index (κ1) is 19.1. The minimum atomic E-state index is -4.72. The standard InChI is InChI=1S/C16H13F3N4O3/c1-23(15(25)13-12(16(17,18)19)3-2-8-20-13)21-9-10-4-6-11(7-5-10)14(24)22-26/h2-9,26H,1H3,(H,22,24)/b21-9+. The molecule has 1 aromatic heterocycles. The second-order valence-corrected chi connectivity index (χ2v) is 5.03. The number of benzene rings is 1. The summed E-state index contributed by atoms with van der Waals surface area (Å²) in [5.74, 6) is -1.72. The van der Waals surface area contributed by atoms with Gasteiger partial charge >= 0.3 is 6.18 Å². The molecule has 0 atom stereocenters. The fourth-order valence-corrected chi connectivity index (χ4v) is 1.95. The molecule has 7 nitrogen and oxygen atoms in total. The van der Waals surface area contributed by atoms with E-state index < -0.39 is 29.2 Å². The number of hydrazone groups is 1. The zero-order valence-electron chi connectivity index (χ0n) is 13.4. The number of pyridine rings is 1. The monoisotopic (exact) mass is 366 g/mol. The van der Waals surface area contributed by atoms with Crippen molar-refractivity contribution in [1.82, 2.24) is 15.5 Å². The molecule has 0 aliphatic heterocycles. The molecule has 0 unspecified atom stereocenters. The lowest BCUT2D eigenvalue weighted by molar-refractivity contribution is -0.138. The first-order valence-electron chi connectivity index (χ1n) is 7.13. The van der Waals surface area contributed by atoms with Gasteiger partial charge in [-0.15, -0.1) is 0 Å². The van der Waals surface area contributed by atoms with Gasteiger partial charge in [0, 0.05) is 18.8 Å². The second kappa shape index (κ2) is 7.74. The summed E-state index contributed by atoms with van der Waals surface area (Å²) in [6.07, 6.45) is -2.40. The van der Waals surface area contributed by atoms with Crippen LogP contribution in [0.4, 0.5) is 13.2 Å². The summed E-state index contributed by atoms with van der Waals surface area (Å²) in [6.45, 7) is 0. The van der Waals surface area contributed by atoms with Crippen molar-refractivity contribution in [3.63, 3.8) is 0 Å². The highest BCUT2D eigenvalue weighted by molar-refractivity contribution is 5.95. The van der Waals surface area contributed by atoms with Crippen LogP contribution in [0, 0.1) is 0 Å². The lowest BCUT2D eigenvalue weighted by atomic mass is 10.1. The smallest absolute Gasteiger partial charge is 0.288 e. The summed E-state index contributed by atoms with van der Waals surface area (Å²) in [4.78, 5) is 26.9. The fourth-order valence-electron chi connectivity index (χ4n) is 1.95. The number of hydrogen-bond donors (Lipinski definition) is 2. The Bertz CT molecular complexity index is 835. The van der Waals surface area contributed by atoms with Gasteiger partial charge < -0.3 is 0 Å². The fraction of sp³-hybridized carbons (Fsp3) is 0.125. The second-order valence-electron chi connectivity index (χ2n) is 5.03. The van der Waals surface area contributed by atoms with Gasteiger partial charge in [-0.3, -0.25) is 19.8 Å². The van der Waals surface area contributed by atoms with Crippen molar-refractivity contribution < 1.29 is 28.0 Å². The molecule has 0 aliphatic rings. The third-order valence-electron chi connectivity index (χ3n) is 3.26. The van der Waals surface area contributed by atoms with Gasteiger partial charge in [-0.25, -0.2) is 10.5 Å². The molecule has 0 saturated carbocycles. The number of nitrogens with zero attached hydrogens (tertiary/aromatic N) is 3. The predicted octanol–water partition coefficient (Wildman–Crippen LogP) is 2.33. The lowest BCUT2D eigenvalue weighted by Gasteiger charge is -2.14. The number of halogens is 3. The van der Waals surface area contributed by atoms with Crippen LogP contribution < -0.4 is 5.48 Å². The predicted molar refractivity (Wildman–Crippen MR) is 84.6 cm³/mol. The van der Waals surface area contributed by atoms with Crippen molar-refractivity contribution in [3.05, 3.63) is 65.0 Å². The maximum atomic E-state index is 13.0. The van der Waals surface area contributed by atoms with E-state index in [1.165, 1.54) is 43.0 Å². The van der Waals surface area contributed by atoms with E-state index in [4.69, 9.17) is 5.21 Å².